The fourth-order valence-electron chi connectivity index (χ4n) is 1.59. The zero-order valence-corrected chi connectivity index (χ0v) is 12.2. The minimum Gasteiger partial charge on any atom is -0.399 e. The molecule has 0 fully saturated rings. The maximum Gasteiger partial charge on any atom is 0.151 e. The van der Waals surface area contributed by atoms with Crippen LogP contribution in [0.5, 0.6) is 0 Å². The van der Waals surface area contributed by atoms with Gasteiger partial charge in [-0.2, -0.15) is 0 Å². The highest BCUT2D eigenvalue weighted by Gasteiger charge is 2.06. The van der Waals surface area contributed by atoms with Crippen molar-refractivity contribution in [2.45, 2.75) is 17.0 Å². The summed E-state index contributed by atoms with van der Waals surface area (Å²) in [6.07, 6.45) is 0. The third kappa shape index (κ3) is 2.50. The Balaban J connectivity index is 1.78. The van der Waals surface area contributed by atoms with E-state index in [0.29, 0.717) is 0 Å². The van der Waals surface area contributed by atoms with Gasteiger partial charge in [0.2, 0.25) is 0 Å². The number of nitrogens with two attached hydrogens (primary N) is 1. The molecule has 6 heteroatoms. The van der Waals surface area contributed by atoms with E-state index in [0.717, 1.165) is 36.7 Å². The highest BCUT2D eigenvalue weighted by atomic mass is 32.2. The van der Waals surface area contributed by atoms with Crippen LogP contribution in [0, 0.1) is 6.92 Å². The average molecular weight is 293 g/mol. The molecule has 0 atom stereocenters. The van der Waals surface area contributed by atoms with E-state index in [-0.39, 0.29) is 0 Å². The van der Waals surface area contributed by atoms with E-state index in [1.54, 1.807) is 34.4 Å². The zero-order chi connectivity index (χ0) is 12.5. The molecule has 0 amide bonds. The number of nitrogen functional groups attached to an aromatic ring is 1. The van der Waals surface area contributed by atoms with Gasteiger partial charge < -0.3 is 5.73 Å². The molecule has 3 aromatic rings. The van der Waals surface area contributed by atoms with Crippen molar-refractivity contribution in [3.05, 3.63) is 34.3 Å². The van der Waals surface area contributed by atoms with Crippen molar-refractivity contribution < 1.29 is 0 Å². The molecule has 0 bridgehead atoms. The summed E-state index contributed by atoms with van der Waals surface area (Å²) >= 11 is 5.10. The number of rotatable bonds is 3. The number of aryl methyl sites for hydroxylation is 1. The van der Waals surface area contributed by atoms with Crippen molar-refractivity contribution in [3.63, 3.8) is 0 Å². The number of hydrogen-bond acceptors (Lipinski definition) is 6. The second-order valence-electron chi connectivity index (χ2n) is 3.85. The van der Waals surface area contributed by atoms with E-state index in [2.05, 4.69) is 15.3 Å². The molecule has 0 aliphatic carbocycles. The minimum absolute atomic E-state index is 0.790. The van der Waals surface area contributed by atoms with Gasteiger partial charge in [-0.3, -0.25) is 0 Å². The number of fused-ring (bicyclic) bond motifs is 1. The summed E-state index contributed by atoms with van der Waals surface area (Å²) in [5.74, 6) is 0.875. The van der Waals surface area contributed by atoms with E-state index in [1.165, 1.54) is 0 Å². The van der Waals surface area contributed by atoms with Gasteiger partial charge in [-0.1, -0.05) is 11.8 Å². The third-order valence-corrected chi connectivity index (χ3v) is 5.42. The van der Waals surface area contributed by atoms with E-state index >= 15 is 0 Å². The van der Waals surface area contributed by atoms with Crippen LogP contribution in [0.3, 0.4) is 0 Å². The molecule has 0 saturated carbocycles. The first-order valence-electron chi connectivity index (χ1n) is 5.40. The summed E-state index contributed by atoms with van der Waals surface area (Å²) in [4.78, 5) is 9.03. The number of anilines is 1. The van der Waals surface area contributed by atoms with Gasteiger partial charge in [-0.15, -0.1) is 22.7 Å². The predicted octanol–water partition coefficient (Wildman–Crippen LogP) is 3.94. The number of hydrogen-bond donors (Lipinski definition) is 1. The Hall–Kier alpha value is -1.11. The zero-order valence-electron chi connectivity index (χ0n) is 9.71. The highest BCUT2D eigenvalue weighted by molar-refractivity contribution is 8.00. The Bertz CT molecular complexity index is 687. The van der Waals surface area contributed by atoms with Crippen LogP contribution in [0.1, 0.15) is 10.7 Å². The van der Waals surface area contributed by atoms with E-state index in [1.807, 2.05) is 25.1 Å². The van der Waals surface area contributed by atoms with Crippen LogP contribution in [0.15, 0.2) is 27.9 Å². The number of nitrogens with zero attached hydrogens (tertiary/aromatic N) is 2. The van der Waals surface area contributed by atoms with Crippen LogP contribution in [-0.4, -0.2) is 9.97 Å². The van der Waals surface area contributed by atoms with Crippen molar-refractivity contribution in [2.24, 2.45) is 0 Å². The summed E-state index contributed by atoms with van der Waals surface area (Å²) in [5, 5.41) is 3.22. The molecule has 0 spiro atoms. The topological polar surface area (TPSA) is 51.8 Å². The Morgan fingerprint density at radius 3 is 3.00 bits per heavy atom. The van der Waals surface area contributed by atoms with Gasteiger partial charge >= 0.3 is 0 Å². The van der Waals surface area contributed by atoms with Crippen LogP contribution < -0.4 is 5.73 Å². The first-order valence-corrected chi connectivity index (χ1v) is 8.09. The first-order chi connectivity index (χ1) is 8.70. The summed E-state index contributed by atoms with van der Waals surface area (Å²) in [5.41, 5.74) is 8.70. The van der Waals surface area contributed by atoms with Crippen molar-refractivity contribution in [1.82, 2.24) is 9.97 Å². The summed E-state index contributed by atoms with van der Waals surface area (Å²) < 4.78 is 2.22. The number of thioether (sulfide) groups is 1. The lowest BCUT2D eigenvalue weighted by atomic mass is 10.3. The number of aromatic nitrogens is 2. The maximum atomic E-state index is 5.76. The average Bonchev–Trinajstić information content (AvgIpc) is 2.92. The van der Waals surface area contributed by atoms with Gasteiger partial charge in [0.15, 0.2) is 4.34 Å². The van der Waals surface area contributed by atoms with Gasteiger partial charge in [-0.05, 0) is 25.1 Å². The van der Waals surface area contributed by atoms with Crippen LogP contribution in [0.4, 0.5) is 5.69 Å². The Labute approximate surface area is 117 Å². The van der Waals surface area contributed by atoms with E-state index in [4.69, 9.17) is 5.73 Å². The molecule has 2 N–H and O–H groups in total. The van der Waals surface area contributed by atoms with Crippen LogP contribution in [0.25, 0.3) is 10.2 Å². The summed E-state index contributed by atoms with van der Waals surface area (Å²) in [6.45, 7) is 2.03. The molecule has 0 aliphatic heterocycles. The molecule has 0 unspecified atom stereocenters. The van der Waals surface area contributed by atoms with Gasteiger partial charge in [0.1, 0.15) is 0 Å². The largest absolute Gasteiger partial charge is 0.399 e. The van der Waals surface area contributed by atoms with Crippen LogP contribution in [-0.2, 0) is 5.75 Å². The maximum absolute atomic E-state index is 5.76. The van der Waals surface area contributed by atoms with Gasteiger partial charge in [0.05, 0.1) is 20.9 Å². The van der Waals surface area contributed by atoms with Crippen molar-refractivity contribution in [3.8, 4) is 0 Å². The monoisotopic (exact) mass is 293 g/mol. The quantitative estimate of drug-likeness (QED) is 0.587. The molecule has 3 nitrogen and oxygen atoms in total. The molecule has 0 radical (unpaired) electrons. The summed E-state index contributed by atoms with van der Waals surface area (Å²) in [7, 11) is 0. The van der Waals surface area contributed by atoms with E-state index < -0.39 is 0 Å². The number of benzene rings is 1. The molecule has 92 valence electrons. The Kier molecular flexibility index (Phi) is 3.23. The Morgan fingerprint density at radius 2 is 2.22 bits per heavy atom. The molecule has 3 rings (SSSR count). The molecule has 0 aliphatic rings. The second kappa shape index (κ2) is 4.87. The standard InChI is InChI=1S/C12H11N3S3/c1-7-14-9(5-16-7)6-17-12-15-10-3-2-8(13)4-11(10)18-12/h2-5H,6,13H2,1H3. The van der Waals surface area contributed by atoms with Crippen molar-refractivity contribution in [1.29, 1.82) is 0 Å². The lowest BCUT2D eigenvalue weighted by Crippen LogP contribution is -1.81. The SMILES string of the molecule is Cc1nc(CSc2nc3ccc(N)cc3s2)cs1. The molecule has 0 saturated heterocycles. The lowest BCUT2D eigenvalue weighted by Gasteiger charge is -1.92. The second-order valence-corrected chi connectivity index (χ2v) is 7.17. The minimum atomic E-state index is 0.790. The fraction of sp³-hybridized carbons (Fsp3) is 0.167. The van der Waals surface area contributed by atoms with E-state index in [9.17, 15) is 0 Å². The van der Waals surface area contributed by atoms with Crippen molar-refractivity contribution >= 4 is 50.3 Å². The van der Waals surface area contributed by atoms with Gasteiger partial charge in [0, 0.05) is 16.8 Å². The Morgan fingerprint density at radius 1 is 1.33 bits per heavy atom. The smallest absolute Gasteiger partial charge is 0.151 e. The van der Waals surface area contributed by atoms with Crippen molar-refractivity contribution in [2.75, 3.05) is 5.73 Å². The molecular formula is C12H11N3S3. The highest BCUT2D eigenvalue weighted by Crippen LogP contribution is 2.32. The molecule has 1 aromatic carbocycles. The first kappa shape index (κ1) is 12.0. The number of thiazole rings is 2. The normalized spacial score (nSPS) is 11.2. The molecule has 2 aromatic heterocycles. The summed E-state index contributed by atoms with van der Waals surface area (Å²) in [6, 6.07) is 5.84. The lowest BCUT2D eigenvalue weighted by molar-refractivity contribution is 1.17. The van der Waals surface area contributed by atoms with Crippen LogP contribution >= 0.6 is 34.4 Å². The molecule has 2 heterocycles. The van der Waals surface area contributed by atoms with Crippen LogP contribution in [0.2, 0.25) is 0 Å². The predicted molar refractivity (Wildman–Crippen MR) is 80.4 cm³/mol. The van der Waals surface area contributed by atoms with Gasteiger partial charge in [-0.25, -0.2) is 9.97 Å². The van der Waals surface area contributed by atoms with Gasteiger partial charge in [0.25, 0.3) is 0 Å². The fourth-order valence-corrected chi connectivity index (χ4v) is 4.32. The molecular weight excluding hydrogens is 282 g/mol. The molecule has 18 heavy (non-hydrogen) atoms. The third-order valence-electron chi connectivity index (χ3n) is 2.40.